The first-order valence-electron chi connectivity index (χ1n) is 18.5. The van der Waals surface area contributed by atoms with Crippen LogP contribution in [0, 0.1) is 5.92 Å². The maximum absolute atomic E-state index is 6.18. The van der Waals surface area contributed by atoms with Gasteiger partial charge in [-0.3, -0.25) is 4.98 Å². The molecular weight excluding hydrogens is 645 g/mol. The number of pyridine rings is 1. The number of hydrogen-bond donors (Lipinski definition) is 1. The average Bonchev–Trinajstić information content (AvgIpc) is 3.46. The molecular formula is C46H48N2O4. The number of fused-ring (bicyclic) bond motifs is 1. The van der Waals surface area contributed by atoms with Crippen LogP contribution in [0.25, 0.3) is 11.1 Å². The molecule has 4 aromatic carbocycles. The molecule has 0 spiro atoms. The fraction of sp³-hybridized carbons (Fsp3) is 0.283. The van der Waals surface area contributed by atoms with Gasteiger partial charge in [0.25, 0.3) is 0 Å². The second kappa shape index (κ2) is 18.5. The van der Waals surface area contributed by atoms with Crippen LogP contribution in [0.2, 0.25) is 0 Å². The Morgan fingerprint density at radius 3 is 1.71 bits per heavy atom. The van der Waals surface area contributed by atoms with Crippen molar-refractivity contribution in [2.45, 2.75) is 71.9 Å². The minimum atomic E-state index is 0.394. The van der Waals surface area contributed by atoms with Crippen LogP contribution in [0.15, 0.2) is 133 Å². The minimum Gasteiger partial charge on any atom is -0.489 e. The van der Waals surface area contributed by atoms with E-state index in [9.17, 15) is 0 Å². The number of aromatic nitrogens is 1. The van der Waals surface area contributed by atoms with Gasteiger partial charge in [0, 0.05) is 6.54 Å². The quantitative estimate of drug-likeness (QED) is 0.135. The summed E-state index contributed by atoms with van der Waals surface area (Å²) in [4.78, 5) is 4.93. The first-order chi connectivity index (χ1) is 25.7. The lowest BCUT2D eigenvalue weighted by atomic mass is 9.99. The number of rotatable bonds is 7. The smallest absolute Gasteiger partial charge is 0.119 e. The summed E-state index contributed by atoms with van der Waals surface area (Å²) >= 11 is 0. The third-order valence-electron chi connectivity index (χ3n) is 9.48. The van der Waals surface area contributed by atoms with Crippen molar-refractivity contribution in [3.63, 3.8) is 0 Å². The van der Waals surface area contributed by atoms with Crippen molar-refractivity contribution in [3.05, 3.63) is 173 Å². The molecule has 266 valence electrons. The van der Waals surface area contributed by atoms with Crippen LogP contribution in [-0.4, -0.2) is 11.5 Å². The molecule has 0 saturated heterocycles. The van der Waals surface area contributed by atoms with E-state index in [0.29, 0.717) is 45.6 Å². The fourth-order valence-electron chi connectivity index (χ4n) is 6.49. The molecule has 8 bridgehead atoms. The third-order valence-corrected chi connectivity index (χ3v) is 9.48. The second-order valence-electron chi connectivity index (χ2n) is 13.7. The molecule has 6 nitrogen and oxygen atoms in total. The molecule has 0 saturated carbocycles. The van der Waals surface area contributed by atoms with E-state index in [-0.39, 0.29) is 0 Å². The molecule has 0 amide bonds. The first-order valence-corrected chi connectivity index (χ1v) is 18.5. The van der Waals surface area contributed by atoms with Crippen molar-refractivity contribution >= 4 is 0 Å². The van der Waals surface area contributed by atoms with Crippen LogP contribution in [0.4, 0.5) is 0 Å². The SMILES string of the molecule is C1=CC[C@H](CCCNCc2ccc(-c3cc4nc(c3)COCc3ccc(cc3)OCc3ccc(cc3)COc3ccc(cc3)COC4)cc2)C=CC1. The topological polar surface area (TPSA) is 61.8 Å². The van der Waals surface area contributed by atoms with Gasteiger partial charge in [0.05, 0.1) is 37.8 Å². The molecule has 52 heavy (non-hydrogen) atoms. The molecule has 5 aliphatic heterocycles. The van der Waals surface area contributed by atoms with Crippen molar-refractivity contribution in [1.82, 2.24) is 10.3 Å². The summed E-state index contributed by atoms with van der Waals surface area (Å²) in [5.74, 6) is 2.32. The highest BCUT2D eigenvalue weighted by Crippen LogP contribution is 2.24. The van der Waals surface area contributed by atoms with Gasteiger partial charge in [-0.1, -0.05) is 97.1 Å². The van der Waals surface area contributed by atoms with Crippen LogP contribution in [0.3, 0.4) is 0 Å². The van der Waals surface area contributed by atoms with Gasteiger partial charge in [0.2, 0.25) is 0 Å². The second-order valence-corrected chi connectivity index (χ2v) is 13.7. The van der Waals surface area contributed by atoms with Crippen LogP contribution < -0.4 is 14.8 Å². The zero-order valence-corrected chi connectivity index (χ0v) is 29.8. The van der Waals surface area contributed by atoms with Gasteiger partial charge in [0.1, 0.15) is 24.7 Å². The van der Waals surface area contributed by atoms with Crippen molar-refractivity contribution in [2.24, 2.45) is 5.92 Å². The van der Waals surface area contributed by atoms with Gasteiger partial charge in [-0.2, -0.15) is 0 Å². The number of nitrogens with one attached hydrogen (secondary N) is 1. The highest BCUT2D eigenvalue weighted by molar-refractivity contribution is 5.64. The Kier molecular flexibility index (Phi) is 12.6. The average molecular weight is 693 g/mol. The van der Waals surface area contributed by atoms with E-state index in [4.69, 9.17) is 23.9 Å². The molecule has 0 unspecified atom stereocenters. The molecule has 0 radical (unpaired) electrons. The van der Waals surface area contributed by atoms with E-state index in [1.165, 1.54) is 18.4 Å². The lowest BCUT2D eigenvalue weighted by molar-refractivity contribution is 0.0981. The van der Waals surface area contributed by atoms with Gasteiger partial charge in [-0.05, 0) is 113 Å². The van der Waals surface area contributed by atoms with Crippen molar-refractivity contribution in [3.8, 4) is 22.6 Å². The predicted molar refractivity (Wildman–Crippen MR) is 207 cm³/mol. The molecule has 1 aliphatic carbocycles. The standard InChI is InChI=1S/C46H48N2O4/c1-2-4-7-35(6-3-1)8-5-25-47-28-36-13-19-41(20-14-36)42-26-43-33-49-29-37-15-21-45(22-16-37)51-31-39-9-10-40(12-11-39)32-52-46-23-17-38(18-24-46)30-50-34-44(27-42)48-43/h1,3-4,7,9-24,26-27,35,47H,2,5-6,8,25,28-34H2/t35-/m0/s1. The van der Waals surface area contributed by atoms with E-state index < -0.39 is 0 Å². The zero-order chi connectivity index (χ0) is 35.2. The molecule has 11 rings (SSSR count). The van der Waals surface area contributed by atoms with Gasteiger partial charge in [-0.15, -0.1) is 0 Å². The lowest BCUT2D eigenvalue weighted by Crippen LogP contribution is -2.15. The maximum atomic E-state index is 6.18. The van der Waals surface area contributed by atoms with Crippen molar-refractivity contribution < 1.29 is 18.9 Å². The maximum Gasteiger partial charge on any atom is 0.119 e. The summed E-state index contributed by atoms with van der Waals surface area (Å²) in [6.45, 7) is 4.64. The third kappa shape index (κ3) is 10.8. The van der Waals surface area contributed by atoms with Crippen molar-refractivity contribution in [1.29, 1.82) is 0 Å². The summed E-state index contributed by atoms with van der Waals surface area (Å²) in [6, 6.07) is 37.6. The largest absolute Gasteiger partial charge is 0.489 e. The Labute approximate surface area is 308 Å². The fourth-order valence-corrected chi connectivity index (χ4v) is 6.49. The number of hydrogen-bond acceptors (Lipinski definition) is 6. The Hall–Kier alpha value is -5.01. The Morgan fingerprint density at radius 1 is 0.558 bits per heavy atom. The van der Waals surface area contributed by atoms with E-state index in [1.807, 2.05) is 24.3 Å². The minimum absolute atomic E-state index is 0.394. The highest BCUT2D eigenvalue weighted by Gasteiger charge is 2.09. The number of ether oxygens (including phenoxy) is 4. The summed E-state index contributed by atoms with van der Waals surface area (Å²) < 4.78 is 24.5. The summed E-state index contributed by atoms with van der Waals surface area (Å²) in [6.07, 6.45) is 13.9. The Bertz CT molecular complexity index is 1800. The Morgan fingerprint density at radius 2 is 1.12 bits per heavy atom. The van der Waals surface area contributed by atoms with Crippen LogP contribution in [-0.2, 0) is 55.7 Å². The van der Waals surface area contributed by atoms with Gasteiger partial charge < -0.3 is 24.3 Å². The van der Waals surface area contributed by atoms with Gasteiger partial charge in [-0.25, -0.2) is 0 Å². The van der Waals surface area contributed by atoms with Crippen molar-refractivity contribution in [2.75, 3.05) is 6.54 Å². The zero-order valence-electron chi connectivity index (χ0n) is 29.8. The van der Waals surface area contributed by atoms with E-state index in [0.717, 1.165) is 82.2 Å². The van der Waals surface area contributed by atoms with Gasteiger partial charge in [0.15, 0.2) is 0 Å². The molecule has 6 aliphatic rings. The molecule has 5 aromatic rings. The normalized spacial score (nSPS) is 16.4. The van der Waals surface area contributed by atoms with Crippen LogP contribution in [0.1, 0.15) is 64.9 Å². The summed E-state index contributed by atoms with van der Waals surface area (Å²) in [5, 5.41) is 3.63. The molecule has 1 atom stereocenters. The van der Waals surface area contributed by atoms with Crippen LogP contribution >= 0.6 is 0 Å². The predicted octanol–water partition coefficient (Wildman–Crippen LogP) is 10.0. The number of benzene rings is 4. The molecule has 1 aromatic heterocycles. The molecule has 6 heteroatoms. The van der Waals surface area contributed by atoms with E-state index in [2.05, 4.69) is 115 Å². The van der Waals surface area contributed by atoms with Crippen LogP contribution in [0.5, 0.6) is 11.5 Å². The molecule has 6 heterocycles. The number of allylic oxidation sites excluding steroid dienone is 4. The van der Waals surface area contributed by atoms with E-state index in [1.54, 1.807) is 0 Å². The monoisotopic (exact) mass is 692 g/mol. The number of nitrogens with zero attached hydrogens (tertiary/aromatic N) is 1. The Balaban J connectivity index is 1.01. The van der Waals surface area contributed by atoms with Gasteiger partial charge >= 0.3 is 0 Å². The summed E-state index contributed by atoms with van der Waals surface area (Å²) in [5.41, 5.74) is 9.65. The first kappa shape index (κ1) is 35.4. The summed E-state index contributed by atoms with van der Waals surface area (Å²) in [7, 11) is 0. The molecule has 1 N–H and O–H groups in total. The lowest BCUT2D eigenvalue weighted by Gasteiger charge is -2.12. The van der Waals surface area contributed by atoms with E-state index >= 15 is 0 Å². The molecule has 0 fully saturated rings. The highest BCUT2D eigenvalue weighted by atomic mass is 16.5.